The van der Waals surface area contributed by atoms with Gasteiger partial charge in [-0.15, -0.1) is 0 Å². The predicted molar refractivity (Wildman–Crippen MR) is 61.8 cm³/mol. The zero-order chi connectivity index (χ0) is 12.4. The molecule has 2 aromatic rings. The van der Waals surface area contributed by atoms with E-state index in [2.05, 4.69) is 4.98 Å². The fourth-order valence-corrected chi connectivity index (χ4v) is 1.76. The van der Waals surface area contributed by atoms with Crippen LogP contribution < -0.4 is 0 Å². The van der Waals surface area contributed by atoms with Crippen molar-refractivity contribution in [2.45, 2.75) is 20.5 Å². The van der Waals surface area contributed by atoms with Crippen LogP contribution in [-0.4, -0.2) is 27.1 Å². The number of aliphatic hydroxyl groups excluding tert-OH is 1. The highest BCUT2D eigenvalue weighted by Gasteiger charge is 2.17. The monoisotopic (exact) mass is 234 g/mol. The molecule has 0 atom stereocenters. The molecule has 0 saturated heterocycles. The third-order valence-electron chi connectivity index (χ3n) is 2.61. The van der Waals surface area contributed by atoms with Gasteiger partial charge in [0.1, 0.15) is 5.65 Å². The van der Waals surface area contributed by atoms with E-state index >= 15 is 0 Å². The van der Waals surface area contributed by atoms with Gasteiger partial charge in [0, 0.05) is 11.8 Å². The molecule has 90 valence electrons. The molecule has 0 aliphatic heterocycles. The first-order valence-electron chi connectivity index (χ1n) is 5.43. The number of hydrogen-bond donors (Lipinski definition) is 1. The summed E-state index contributed by atoms with van der Waals surface area (Å²) in [5, 5.41) is 9.21. The first kappa shape index (κ1) is 11.6. The summed E-state index contributed by atoms with van der Waals surface area (Å²) in [6.45, 7) is 3.76. The van der Waals surface area contributed by atoms with Crippen LogP contribution in [0.3, 0.4) is 0 Å². The quantitative estimate of drug-likeness (QED) is 0.813. The summed E-state index contributed by atoms with van der Waals surface area (Å²) in [5.74, 6) is -0.433. The van der Waals surface area contributed by atoms with Gasteiger partial charge in [-0.1, -0.05) is 6.07 Å². The molecule has 0 saturated carbocycles. The average Bonchev–Trinajstić information content (AvgIpc) is 2.67. The second-order valence-electron chi connectivity index (χ2n) is 3.65. The molecule has 2 aromatic heterocycles. The van der Waals surface area contributed by atoms with Crippen LogP contribution in [0.1, 0.15) is 28.7 Å². The highest BCUT2D eigenvalue weighted by atomic mass is 16.5. The minimum Gasteiger partial charge on any atom is -0.461 e. The molecule has 0 amide bonds. The number of imidazole rings is 1. The number of ether oxygens (including phenoxy) is 1. The number of carbonyl (C=O) groups excluding carboxylic acids is 1. The minimum absolute atomic E-state index is 0.108. The highest BCUT2D eigenvalue weighted by Crippen LogP contribution is 2.16. The van der Waals surface area contributed by atoms with Crippen molar-refractivity contribution in [3.05, 3.63) is 35.3 Å². The van der Waals surface area contributed by atoms with Gasteiger partial charge in [0.2, 0.25) is 0 Å². The summed E-state index contributed by atoms with van der Waals surface area (Å²) < 4.78 is 6.71. The van der Waals surface area contributed by atoms with E-state index < -0.39 is 5.97 Å². The maximum Gasteiger partial charge on any atom is 0.358 e. The fourth-order valence-electron chi connectivity index (χ4n) is 1.76. The van der Waals surface area contributed by atoms with Crippen molar-refractivity contribution in [2.75, 3.05) is 6.61 Å². The van der Waals surface area contributed by atoms with Gasteiger partial charge in [-0.05, 0) is 19.9 Å². The van der Waals surface area contributed by atoms with Crippen LogP contribution in [0.15, 0.2) is 18.3 Å². The molecule has 2 heterocycles. The Labute approximate surface area is 98.7 Å². The van der Waals surface area contributed by atoms with Gasteiger partial charge in [-0.25, -0.2) is 9.78 Å². The van der Waals surface area contributed by atoms with Crippen molar-refractivity contribution < 1.29 is 14.6 Å². The van der Waals surface area contributed by atoms with Crippen LogP contribution in [0.5, 0.6) is 0 Å². The zero-order valence-electron chi connectivity index (χ0n) is 9.80. The van der Waals surface area contributed by atoms with Crippen LogP contribution in [-0.2, 0) is 11.3 Å². The Morgan fingerprint density at radius 2 is 2.35 bits per heavy atom. The molecule has 0 aliphatic rings. The van der Waals surface area contributed by atoms with E-state index in [0.29, 0.717) is 29.2 Å². The van der Waals surface area contributed by atoms with E-state index in [1.54, 1.807) is 30.5 Å². The number of pyridine rings is 1. The summed E-state index contributed by atoms with van der Waals surface area (Å²) in [6, 6.07) is 3.58. The lowest BCUT2D eigenvalue weighted by Gasteiger charge is -2.00. The average molecular weight is 234 g/mol. The van der Waals surface area contributed by atoms with Gasteiger partial charge >= 0.3 is 5.97 Å². The largest absolute Gasteiger partial charge is 0.461 e. The van der Waals surface area contributed by atoms with E-state index in [4.69, 9.17) is 4.74 Å². The molecule has 0 aromatic carbocycles. The van der Waals surface area contributed by atoms with Crippen molar-refractivity contribution in [1.29, 1.82) is 0 Å². The zero-order valence-corrected chi connectivity index (χ0v) is 9.80. The third-order valence-corrected chi connectivity index (χ3v) is 2.61. The number of fused-ring (bicyclic) bond motifs is 1. The van der Waals surface area contributed by atoms with Crippen molar-refractivity contribution in [1.82, 2.24) is 9.38 Å². The van der Waals surface area contributed by atoms with Crippen molar-refractivity contribution in [3.63, 3.8) is 0 Å². The number of carbonyl (C=O) groups is 1. The number of aromatic nitrogens is 2. The molecule has 0 fully saturated rings. The van der Waals surface area contributed by atoms with E-state index in [1.807, 2.05) is 6.07 Å². The fraction of sp³-hybridized carbons (Fsp3) is 0.333. The Bertz CT molecular complexity index is 560. The second-order valence-corrected chi connectivity index (χ2v) is 3.65. The Hall–Kier alpha value is -1.88. The van der Waals surface area contributed by atoms with Crippen LogP contribution >= 0.6 is 0 Å². The maximum absolute atomic E-state index is 11.7. The van der Waals surface area contributed by atoms with E-state index in [0.717, 1.165) is 0 Å². The minimum atomic E-state index is -0.433. The standard InChI is InChI=1S/C12H14N2O3/c1-3-17-12(16)10-8(2)14-6-4-5-9(7-15)11(14)13-10/h4-6,15H,3,7H2,1-2H3. The smallest absolute Gasteiger partial charge is 0.358 e. The Morgan fingerprint density at radius 3 is 3.00 bits per heavy atom. The highest BCUT2D eigenvalue weighted by molar-refractivity contribution is 5.89. The molecule has 5 nitrogen and oxygen atoms in total. The summed E-state index contributed by atoms with van der Waals surface area (Å²) in [4.78, 5) is 15.9. The number of hydrogen-bond acceptors (Lipinski definition) is 4. The summed E-state index contributed by atoms with van der Waals surface area (Å²) in [7, 11) is 0. The third kappa shape index (κ3) is 1.89. The molecule has 0 unspecified atom stereocenters. The summed E-state index contributed by atoms with van der Waals surface area (Å²) in [6.07, 6.45) is 1.81. The van der Waals surface area contributed by atoms with E-state index in [1.165, 1.54) is 0 Å². The lowest BCUT2D eigenvalue weighted by atomic mass is 10.3. The van der Waals surface area contributed by atoms with E-state index in [-0.39, 0.29) is 6.61 Å². The van der Waals surface area contributed by atoms with Gasteiger partial charge < -0.3 is 14.2 Å². The van der Waals surface area contributed by atoms with Crippen molar-refractivity contribution in [2.24, 2.45) is 0 Å². The number of esters is 1. The van der Waals surface area contributed by atoms with Crippen LogP contribution in [0.2, 0.25) is 0 Å². The summed E-state index contributed by atoms with van der Waals surface area (Å²) in [5.41, 5.74) is 2.29. The van der Waals surface area contributed by atoms with Crippen LogP contribution in [0.4, 0.5) is 0 Å². The lowest BCUT2D eigenvalue weighted by Crippen LogP contribution is -2.06. The normalized spacial score (nSPS) is 10.8. The Kier molecular flexibility index (Phi) is 3.10. The molecule has 1 N–H and O–H groups in total. The Morgan fingerprint density at radius 1 is 1.59 bits per heavy atom. The molecule has 0 spiro atoms. The molecular weight excluding hydrogens is 220 g/mol. The molecule has 0 aliphatic carbocycles. The van der Waals surface area contributed by atoms with Gasteiger partial charge in [-0.3, -0.25) is 0 Å². The first-order valence-corrected chi connectivity index (χ1v) is 5.43. The number of aliphatic hydroxyl groups is 1. The van der Waals surface area contributed by atoms with E-state index in [9.17, 15) is 9.90 Å². The van der Waals surface area contributed by atoms with Gasteiger partial charge in [0.15, 0.2) is 5.69 Å². The molecular formula is C12H14N2O3. The van der Waals surface area contributed by atoms with Crippen molar-refractivity contribution in [3.8, 4) is 0 Å². The topological polar surface area (TPSA) is 63.8 Å². The van der Waals surface area contributed by atoms with Crippen molar-refractivity contribution >= 4 is 11.6 Å². The number of nitrogens with zero attached hydrogens (tertiary/aromatic N) is 2. The maximum atomic E-state index is 11.7. The SMILES string of the molecule is CCOC(=O)c1nc2c(CO)cccn2c1C. The molecule has 2 rings (SSSR count). The second kappa shape index (κ2) is 4.55. The number of aryl methyl sites for hydroxylation is 1. The van der Waals surface area contributed by atoms with Gasteiger partial charge in [0.25, 0.3) is 0 Å². The van der Waals surface area contributed by atoms with Gasteiger partial charge in [0.05, 0.1) is 18.9 Å². The van der Waals surface area contributed by atoms with Gasteiger partial charge in [-0.2, -0.15) is 0 Å². The lowest BCUT2D eigenvalue weighted by molar-refractivity contribution is 0.0519. The predicted octanol–water partition coefficient (Wildman–Crippen LogP) is 1.31. The molecule has 5 heteroatoms. The summed E-state index contributed by atoms with van der Waals surface area (Å²) >= 11 is 0. The molecule has 0 bridgehead atoms. The molecule has 17 heavy (non-hydrogen) atoms. The molecule has 0 radical (unpaired) electrons. The number of rotatable bonds is 3. The first-order chi connectivity index (χ1) is 8.19. The van der Waals surface area contributed by atoms with Crippen LogP contribution in [0.25, 0.3) is 5.65 Å². The van der Waals surface area contributed by atoms with Crippen LogP contribution in [0, 0.1) is 6.92 Å². The Balaban J connectivity index is 2.60.